The van der Waals surface area contributed by atoms with Gasteiger partial charge in [0.1, 0.15) is 0 Å². The fraction of sp³-hybridized carbons (Fsp3) is 0.438. The van der Waals surface area contributed by atoms with Crippen molar-refractivity contribution in [3.05, 3.63) is 51.5 Å². The molecule has 1 aromatic carbocycles. The normalized spacial score (nSPS) is 13.4. The molecule has 1 heterocycles. The van der Waals surface area contributed by atoms with E-state index in [1.807, 2.05) is 5.38 Å². The first-order chi connectivity index (χ1) is 9.77. The van der Waals surface area contributed by atoms with Gasteiger partial charge in [-0.15, -0.1) is 11.3 Å². The van der Waals surface area contributed by atoms with Gasteiger partial charge < -0.3 is 5.11 Å². The Hall–Kier alpha value is -1.33. The molecule has 0 aliphatic carbocycles. The average Bonchev–Trinajstić information content (AvgIpc) is 2.83. The summed E-state index contributed by atoms with van der Waals surface area (Å²) in [5.74, 6) is -1.77. The molecule has 0 aliphatic heterocycles. The molecule has 114 valence electrons. The minimum Gasteiger partial charge on any atom is -0.392 e. The average molecular weight is 311 g/mol. The minimum atomic E-state index is -0.885. The minimum absolute atomic E-state index is 0.0334. The van der Waals surface area contributed by atoms with Crippen LogP contribution in [-0.4, -0.2) is 16.2 Å². The second kappa shape index (κ2) is 6.20. The zero-order valence-corrected chi connectivity index (χ0v) is 13.2. The fourth-order valence-electron chi connectivity index (χ4n) is 1.98. The van der Waals surface area contributed by atoms with E-state index in [-0.39, 0.29) is 17.4 Å². The van der Waals surface area contributed by atoms with Crippen molar-refractivity contribution in [3.8, 4) is 0 Å². The van der Waals surface area contributed by atoms with Crippen molar-refractivity contribution in [1.29, 1.82) is 0 Å². The highest BCUT2D eigenvalue weighted by Crippen LogP contribution is 2.25. The van der Waals surface area contributed by atoms with E-state index in [1.165, 1.54) is 23.5 Å². The van der Waals surface area contributed by atoms with Crippen molar-refractivity contribution in [1.82, 2.24) is 4.98 Å². The lowest BCUT2D eigenvalue weighted by molar-refractivity contribution is 0.173. The first kappa shape index (κ1) is 16.0. The Morgan fingerprint density at radius 1 is 1.24 bits per heavy atom. The van der Waals surface area contributed by atoms with Gasteiger partial charge in [-0.2, -0.15) is 0 Å². The van der Waals surface area contributed by atoms with Crippen LogP contribution in [0.25, 0.3) is 0 Å². The zero-order chi connectivity index (χ0) is 15.6. The van der Waals surface area contributed by atoms with E-state index in [4.69, 9.17) is 0 Å². The summed E-state index contributed by atoms with van der Waals surface area (Å²) in [4.78, 5) is 4.49. The largest absolute Gasteiger partial charge is 0.392 e. The third-order valence-corrected chi connectivity index (χ3v) is 4.09. The van der Waals surface area contributed by atoms with Crippen molar-refractivity contribution < 1.29 is 13.9 Å². The number of aliphatic hydroxyl groups is 1. The van der Waals surface area contributed by atoms with E-state index in [2.05, 4.69) is 25.8 Å². The fourth-order valence-corrected chi connectivity index (χ4v) is 3.08. The van der Waals surface area contributed by atoms with Gasteiger partial charge in [-0.05, 0) is 11.6 Å². The van der Waals surface area contributed by atoms with Crippen molar-refractivity contribution in [2.75, 3.05) is 0 Å². The lowest BCUT2D eigenvalue weighted by atomic mass is 9.93. The van der Waals surface area contributed by atoms with Crippen LogP contribution >= 0.6 is 11.3 Å². The van der Waals surface area contributed by atoms with Crippen molar-refractivity contribution in [2.45, 2.75) is 45.1 Å². The number of benzene rings is 1. The number of hydrogen-bond acceptors (Lipinski definition) is 3. The highest BCUT2D eigenvalue weighted by molar-refractivity contribution is 7.09. The maximum Gasteiger partial charge on any atom is 0.162 e. The van der Waals surface area contributed by atoms with Crippen LogP contribution in [0.1, 0.15) is 37.0 Å². The first-order valence-electron chi connectivity index (χ1n) is 6.83. The molecular weight excluding hydrogens is 292 g/mol. The molecule has 0 fully saturated rings. The number of nitrogens with zero attached hydrogens (tertiary/aromatic N) is 1. The Balaban J connectivity index is 2.03. The molecule has 0 saturated carbocycles. The second-order valence-corrected chi connectivity index (χ2v) is 7.09. The van der Waals surface area contributed by atoms with E-state index in [0.717, 1.165) is 16.8 Å². The van der Waals surface area contributed by atoms with Gasteiger partial charge in [0.15, 0.2) is 11.6 Å². The Morgan fingerprint density at radius 2 is 1.95 bits per heavy atom. The van der Waals surface area contributed by atoms with Crippen molar-refractivity contribution >= 4 is 11.3 Å². The summed E-state index contributed by atoms with van der Waals surface area (Å²) in [6, 6.07) is 4.01. The molecule has 5 heteroatoms. The first-order valence-corrected chi connectivity index (χ1v) is 7.71. The smallest absolute Gasteiger partial charge is 0.162 e. The molecule has 1 aromatic heterocycles. The number of rotatable bonds is 4. The number of aromatic nitrogens is 1. The Labute approximate surface area is 127 Å². The van der Waals surface area contributed by atoms with E-state index in [0.29, 0.717) is 6.42 Å². The molecule has 0 amide bonds. The van der Waals surface area contributed by atoms with Crippen LogP contribution in [0, 0.1) is 11.6 Å². The van der Waals surface area contributed by atoms with E-state index < -0.39 is 17.7 Å². The van der Waals surface area contributed by atoms with Gasteiger partial charge in [-0.3, -0.25) is 0 Å². The maximum atomic E-state index is 13.6. The molecule has 0 aliphatic rings. The summed E-state index contributed by atoms with van der Waals surface area (Å²) < 4.78 is 26.7. The Kier molecular flexibility index (Phi) is 4.74. The zero-order valence-electron chi connectivity index (χ0n) is 12.4. The van der Waals surface area contributed by atoms with Crippen LogP contribution in [0.4, 0.5) is 8.78 Å². The summed E-state index contributed by atoms with van der Waals surface area (Å²) >= 11 is 1.48. The second-order valence-electron chi connectivity index (χ2n) is 6.15. The Bertz CT molecular complexity index is 619. The quantitative estimate of drug-likeness (QED) is 0.930. The molecule has 21 heavy (non-hydrogen) atoms. The molecule has 2 nitrogen and oxygen atoms in total. The van der Waals surface area contributed by atoms with E-state index >= 15 is 0 Å². The predicted molar refractivity (Wildman–Crippen MR) is 80.6 cm³/mol. The van der Waals surface area contributed by atoms with Crippen LogP contribution in [0.5, 0.6) is 0 Å². The molecule has 0 bridgehead atoms. The van der Waals surface area contributed by atoms with E-state index in [1.54, 1.807) is 0 Å². The number of thiazole rings is 1. The molecule has 1 unspecified atom stereocenters. The molecule has 1 atom stereocenters. The van der Waals surface area contributed by atoms with Gasteiger partial charge in [0.05, 0.1) is 16.8 Å². The van der Waals surface area contributed by atoms with Gasteiger partial charge in [-0.1, -0.05) is 32.9 Å². The van der Waals surface area contributed by atoms with Gasteiger partial charge in [0.2, 0.25) is 0 Å². The molecule has 1 N–H and O–H groups in total. The summed E-state index contributed by atoms with van der Waals surface area (Å²) in [5.41, 5.74) is 1.13. The monoisotopic (exact) mass is 311 g/mol. The topological polar surface area (TPSA) is 33.1 Å². The highest BCUT2D eigenvalue weighted by atomic mass is 32.1. The van der Waals surface area contributed by atoms with Crippen LogP contribution < -0.4 is 0 Å². The highest BCUT2D eigenvalue weighted by Gasteiger charge is 2.19. The van der Waals surface area contributed by atoms with Gasteiger partial charge in [-0.25, -0.2) is 13.8 Å². The lowest BCUT2D eigenvalue weighted by Crippen LogP contribution is -2.16. The third-order valence-electron chi connectivity index (χ3n) is 3.22. The van der Waals surface area contributed by atoms with Gasteiger partial charge in [0.25, 0.3) is 0 Å². The maximum absolute atomic E-state index is 13.6. The standard InChI is InChI=1S/C16H19F2NOS/c1-16(2,3)13-9-21-14(19-13)8-11(20)7-10-5-4-6-12(17)15(10)18/h4-6,9,11,20H,7-8H2,1-3H3. The summed E-state index contributed by atoms with van der Waals surface area (Å²) in [6.07, 6.45) is -0.356. The summed E-state index contributed by atoms with van der Waals surface area (Å²) in [7, 11) is 0. The van der Waals surface area contributed by atoms with Crippen molar-refractivity contribution in [2.24, 2.45) is 0 Å². The molecule has 2 aromatic rings. The number of aliphatic hydroxyl groups excluding tert-OH is 1. The summed E-state index contributed by atoms with van der Waals surface area (Å²) in [5, 5.41) is 12.8. The number of halogens is 2. The molecule has 2 rings (SSSR count). The van der Waals surface area contributed by atoms with Gasteiger partial charge >= 0.3 is 0 Å². The number of hydrogen-bond donors (Lipinski definition) is 1. The summed E-state index contributed by atoms with van der Waals surface area (Å²) in [6.45, 7) is 6.22. The van der Waals surface area contributed by atoms with Gasteiger partial charge in [0, 0.05) is 23.6 Å². The molecular formula is C16H19F2NOS. The third kappa shape index (κ3) is 4.08. The van der Waals surface area contributed by atoms with Crippen LogP contribution in [0.15, 0.2) is 23.6 Å². The molecule has 0 radical (unpaired) electrons. The lowest BCUT2D eigenvalue weighted by Gasteiger charge is -2.14. The molecule has 0 spiro atoms. The SMILES string of the molecule is CC(C)(C)c1csc(CC(O)Cc2cccc(F)c2F)n1. The Morgan fingerprint density at radius 3 is 2.57 bits per heavy atom. The van der Waals surface area contributed by atoms with Crippen LogP contribution in [-0.2, 0) is 18.3 Å². The molecule has 0 saturated heterocycles. The van der Waals surface area contributed by atoms with Crippen LogP contribution in [0.3, 0.4) is 0 Å². The predicted octanol–water partition coefficient (Wildman–Crippen LogP) is 3.86. The van der Waals surface area contributed by atoms with Crippen LogP contribution in [0.2, 0.25) is 0 Å². The van der Waals surface area contributed by atoms with E-state index in [9.17, 15) is 13.9 Å². The van der Waals surface area contributed by atoms with Crippen molar-refractivity contribution in [3.63, 3.8) is 0 Å².